The van der Waals surface area contributed by atoms with E-state index in [1.165, 1.54) is 6.07 Å². The Kier molecular flexibility index (Phi) is 12.6. The van der Waals surface area contributed by atoms with Crippen LogP contribution in [0.1, 0.15) is 30.4 Å². The maximum atomic E-state index is 13.9. The Morgan fingerprint density at radius 1 is 0.706 bits per heavy atom. The lowest BCUT2D eigenvalue weighted by atomic mass is 10.0. The Hall–Kier alpha value is -4.49. The van der Waals surface area contributed by atoms with Gasteiger partial charge >= 0.3 is 0 Å². The molecule has 0 spiro atoms. The van der Waals surface area contributed by atoms with Crippen LogP contribution in [0.2, 0.25) is 0 Å². The quantitative estimate of drug-likeness (QED) is 0.121. The molecule has 3 aliphatic rings. The normalized spacial score (nSPS) is 17.8. The van der Waals surface area contributed by atoms with Gasteiger partial charge in [-0.15, -0.1) is 0 Å². The van der Waals surface area contributed by atoms with Gasteiger partial charge in [0.15, 0.2) is 6.29 Å². The van der Waals surface area contributed by atoms with Gasteiger partial charge < -0.3 is 45.0 Å². The number of anilines is 4. The summed E-state index contributed by atoms with van der Waals surface area (Å²) in [6.45, 7) is 11.5. The first-order valence-electron chi connectivity index (χ1n) is 17.8. The average molecular weight is 701 g/mol. The van der Waals surface area contributed by atoms with Crippen LogP contribution < -0.4 is 26.0 Å². The van der Waals surface area contributed by atoms with Crippen molar-refractivity contribution >= 4 is 23.0 Å². The van der Waals surface area contributed by atoms with Crippen molar-refractivity contribution in [2.45, 2.75) is 39.4 Å². The van der Waals surface area contributed by atoms with Crippen molar-refractivity contribution < 1.29 is 28.1 Å². The smallest absolute Gasteiger partial charge is 0.215 e. The van der Waals surface area contributed by atoms with E-state index in [-0.39, 0.29) is 6.29 Å². The number of morpholine rings is 2. The van der Waals surface area contributed by atoms with E-state index in [0.717, 1.165) is 96.9 Å². The van der Waals surface area contributed by atoms with Crippen LogP contribution in [-0.2, 0) is 18.9 Å². The van der Waals surface area contributed by atoms with E-state index < -0.39 is 5.95 Å². The van der Waals surface area contributed by atoms with Gasteiger partial charge in [-0.25, -0.2) is 4.98 Å². The molecule has 2 aromatic carbocycles. The average Bonchev–Trinajstić information content (AvgIpc) is 3.16. The Labute approximate surface area is 299 Å². The summed E-state index contributed by atoms with van der Waals surface area (Å²) in [5, 5.41) is 0. The lowest BCUT2D eigenvalue weighted by molar-refractivity contribution is -0.165. The molecule has 4 N–H and O–H groups in total. The number of hydrogen-bond acceptors (Lipinski definition) is 11. The zero-order chi connectivity index (χ0) is 35.6. The van der Waals surface area contributed by atoms with Crippen molar-refractivity contribution in [3.8, 4) is 28.1 Å². The Morgan fingerprint density at radius 2 is 1.27 bits per heavy atom. The number of nitrogens with two attached hydrogens (primary N) is 2. The number of hydrogen-bond donors (Lipinski definition) is 2. The fourth-order valence-corrected chi connectivity index (χ4v) is 6.34. The van der Waals surface area contributed by atoms with E-state index in [4.69, 9.17) is 40.1 Å². The molecule has 3 saturated heterocycles. The van der Waals surface area contributed by atoms with Gasteiger partial charge in [0.1, 0.15) is 18.2 Å². The summed E-state index contributed by atoms with van der Waals surface area (Å²) in [4.78, 5) is 13.0. The van der Waals surface area contributed by atoms with Gasteiger partial charge in [0.2, 0.25) is 11.8 Å². The number of ether oxygens (including phenoxy) is 5. The fourth-order valence-electron chi connectivity index (χ4n) is 6.34. The van der Waals surface area contributed by atoms with Crippen LogP contribution in [0.4, 0.5) is 27.4 Å². The molecule has 1 atom stereocenters. The van der Waals surface area contributed by atoms with Crippen LogP contribution in [0.15, 0.2) is 60.7 Å². The second kappa shape index (κ2) is 17.6. The topological polar surface area (TPSA) is 130 Å². The van der Waals surface area contributed by atoms with Gasteiger partial charge in [-0.1, -0.05) is 12.1 Å². The van der Waals surface area contributed by atoms with Crippen molar-refractivity contribution in [3.63, 3.8) is 0 Å². The van der Waals surface area contributed by atoms with Gasteiger partial charge in [-0.3, -0.25) is 0 Å². The second-order valence-corrected chi connectivity index (χ2v) is 13.0. The number of benzene rings is 2. The maximum Gasteiger partial charge on any atom is 0.215 e. The molecule has 51 heavy (non-hydrogen) atoms. The minimum Gasteiger partial charge on any atom is -0.475 e. The third-order valence-electron chi connectivity index (χ3n) is 9.16. The first-order valence-corrected chi connectivity index (χ1v) is 17.8. The van der Waals surface area contributed by atoms with Crippen LogP contribution in [0.25, 0.3) is 22.3 Å². The summed E-state index contributed by atoms with van der Waals surface area (Å²) in [6, 6.07) is 19.1. The van der Waals surface area contributed by atoms with E-state index in [0.29, 0.717) is 57.0 Å². The van der Waals surface area contributed by atoms with E-state index in [9.17, 15) is 4.39 Å². The lowest BCUT2D eigenvalue weighted by Crippen LogP contribution is -2.36. The molecular formula is C39H49FN6O5. The summed E-state index contributed by atoms with van der Waals surface area (Å²) in [5.41, 5.74) is 19.4. The highest BCUT2D eigenvalue weighted by Gasteiger charge is 2.18. The molecule has 12 heteroatoms. The number of pyridine rings is 2. The van der Waals surface area contributed by atoms with Crippen LogP contribution >= 0.6 is 0 Å². The number of aryl methyl sites for hydroxylation is 2. The van der Waals surface area contributed by atoms with Gasteiger partial charge in [-0.05, 0) is 103 Å². The molecule has 5 heterocycles. The maximum absolute atomic E-state index is 13.9. The number of nitrogens with zero attached hydrogens (tertiary/aromatic N) is 4. The summed E-state index contributed by atoms with van der Waals surface area (Å²) in [5.74, 6) is 1.65. The third-order valence-corrected chi connectivity index (χ3v) is 9.16. The van der Waals surface area contributed by atoms with Crippen molar-refractivity contribution in [1.29, 1.82) is 0 Å². The second-order valence-electron chi connectivity index (χ2n) is 13.0. The van der Waals surface area contributed by atoms with Crippen LogP contribution in [0.3, 0.4) is 0 Å². The monoisotopic (exact) mass is 700 g/mol. The molecule has 0 amide bonds. The molecule has 2 aromatic heterocycles. The largest absolute Gasteiger partial charge is 0.475 e. The standard InChI is InChI=1S/C23H31N3O4.C16H18FN3O/c1-17-5-6-19(24)16-20(17)18-14-21(26-7-10-27-11-8-26)25-22(15-18)28-12-13-30-23-4-2-3-9-29-23;1-11-2-3-13(18)10-14(11)12-8-15(17)19-16(9-12)20-4-6-21-7-5-20/h5-6,14-16,23H,2-4,7-13,24H2,1H3;2-3,8-10H,4-7,18H2,1H3. The van der Waals surface area contributed by atoms with Crippen molar-refractivity contribution in [1.82, 2.24) is 9.97 Å². The molecule has 11 nitrogen and oxygen atoms in total. The summed E-state index contributed by atoms with van der Waals surface area (Å²) < 4.78 is 42.1. The molecule has 272 valence electrons. The summed E-state index contributed by atoms with van der Waals surface area (Å²) >= 11 is 0. The Bertz CT molecular complexity index is 1740. The SMILES string of the molecule is Cc1ccc(N)cc1-c1cc(F)nc(N2CCOCC2)c1.Cc1ccc(N)cc1-c1cc(OCCOC2CCCCO2)nc(N2CCOCC2)c1. The molecule has 0 aliphatic carbocycles. The zero-order valence-corrected chi connectivity index (χ0v) is 29.6. The highest BCUT2D eigenvalue weighted by molar-refractivity contribution is 5.74. The van der Waals surface area contributed by atoms with Crippen LogP contribution in [0.5, 0.6) is 5.88 Å². The predicted molar refractivity (Wildman–Crippen MR) is 199 cm³/mol. The first kappa shape index (κ1) is 36.3. The summed E-state index contributed by atoms with van der Waals surface area (Å²) in [6.07, 6.45) is 3.10. The van der Waals surface area contributed by atoms with Gasteiger partial charge in [0.05, 0.1) is 33.0 Å². The first-order chi connectivity index (χ1) is 24.8. The van der Waals surface area contributed by atoms with E-state index in [1.54, 1.807) is 0 Å². The van der Waals surface area contributed by atoms with Gasteiger partial charge in [0, 0.05) is 56.3 Å². The van der Waals surface area contributed by atoms with Gasteiger partial charge in [0.25, 0.3) is 0 Å². The van der Waals surface area contributed by atoms with Crippen LogP contribution in [-0.4, -0.2) is 88.7 Å². The molecule has 0 radical (unpaired) electrons. The molecule has 0 saturated carbocycles. The van der Waals surface area contributed by atoms with E-state index in [1.807, 2.05) is 60.4 Å². The van der Waals surface area contributed by atoms with Crippen molar-refractivity contribution in [2.75, 3.05) is 93.7 Å². The van der Waals surface area contributed by atoms with Crippen LogP contribution in [0, 0.1) is 19.8 Å². The van der Waals surface area contributed by atoms with E-state index in [2.05, 4.69) is 22.9 Å². The molecule has 4 aromatic rings. The van der Waals surface area contributed by atoms with Crippen molar-refractivity contribution in [2.24, 2.45) is 0 Å². The number of nitrogen functional groups attached to an aromatic ring is 2. The molecular weight excluding hydrogens is 651 g/mol. The molecule has 0 bridgehead atoms. The highest BCUT2D eigenvalue weighted by Crippen LogP contribution is 2.32. The third kappa shape index (κ3) is 10.1. The number of halogens is 1. The lowest BCUT2D eigenvalue weighted by Gasteiger charge is -2.28. The highest BCUT2D eigenvalue weighted by atomic mass is 19.1. The fraction of sp³-hybridized carbons (Fsp3) is 0.436. The molecule has 1 unspecified atom stereocenters. The Morgan fingerprint density at radius 3 is 1.84 bits per heavy atom. The molecule has 3 aliphatic heterocycles. The van der Waals surface area contributed by atoms with Crippen molar-refractivity contribution in [3.05, 3.63) is 77.7 Å². The van der Waals surface area contributed by atoms with Gasteiger partial charge in [-0.2, -0.15) is 9.37 Å². The zero-order valence-electron chi connectivity index (χ0n) is 29.6. The Balaban J connectivity index is 0.000000187. The minimum absolute atomic E-state index is 0.111. The number of rotatable bonds is 9. The molecule has 7 rings (SSSR count). The number of aromatic nitrogens is 2. The summed E-state index contributed by atoms with van der Waals surface area (Å²) in [7, 11) is 0. The molecule has 3 fully saturated rings. The predicted octanol–water partition coefficient (Wildman–Crippen LogP) is 6.01. The van der Waals surface area contributed by atoms with E-state index >= 15 is 0 Å². The minimum atomic E-state index is -0.476.